The average molecular weight is 180 g/mol. The topological polar surface area (TPSA) is 17.1 Å². The zero-order chi connectivity index (χ0) is 9.90. The first-order valence-electron chi connectivity index (χ1n) is 5.19. The lowest BCUT2D eigenvalue weighted by Gasteiger charge is -2.35. The third-order valence-electron chi connectivity index (χ3n) is 3.03. The Bertz CT molecular complexity index is 207. The maximum atomic E-state index is 11.1. The van der Waals surface area contributed by atoms with Crippen molar-refractivity contribution >= 4 is 6.29 Å². The Balaban J connectivity index is 2.67. The second kappa shape index (κ2) is 4.08. The van der Waals surface area contributed by atoms with Gasteiger partial charge in [0.2, 0.25) is 0 Å². The second-order valence-corrected chi connectivity index (χ2v) is 4.82. The van der Waals surface area contributed by atoms with Crippen molar-refractivity contribution in [2.24, 2.45) is 11.3 Å². The molecule has 13 heavy (non-hydrogen) atoms. The van der Waals surface area contributed by atoms with E-state index in [0.29, 0.717) is 5.92 Å². The summed E-state index contributed by atoms with van der Waals surface area (Å²) >= 11 is 0. The third kappa shape index (κ3) is 2.68. The fourth-order valence-corrected chi connectivity index (χ4v) is 2.61. The molecule has 1 aliphatic rings. The molecule has 1 heteroatoms. The van der Waals surface area contributed by atoms with Crippen LogP contribution >= 0.6 is 0 Å². The van der Waals surface area contributed by atoms with E-state index in [2.05, 4.69) is 13.5 Å². The SMILES string of the molecule is C=C(C)CC1(C=O)CCCC(C)C1. The van der Waals surface area contributed by atoms with Gasteiger partial charge in [-0.05, 0) is 32.1 Å². The molecule has 0 aliphatic heterocycles. The summed E-state index contributed by atoms with van der Waals surface area (Å²) in [4.78, 5) is 11.1. The highest BCUT2D eigenvalue weighted by Crippen LogP contribution is 2.41. The third-order valence-corrected chi connectivity index (χ3v) is 3.03. The summed E-state index contributed by atoms with van der Waals surface area (Å²) in [6.07, 6.45) is 6.67. The second-order valence-electron chi connectivity index (χ2n) is 4.82. The van der Waals surface area contributed by atoms with Gasteiger partial charge in [0.25, 0.3) is 0 Å². The van der Waals surface area contributed by atoms with E-state index >= 15 is 0 Å². The smallest absolute Gasteiger partial charge is 0.126 e. The van der Waals surface area contributed by atoms with Gasteiger partial charge in [0.15, 0.2) is 0 Å². The summed E-state index contributed by atoms with van der Waals surface area (Å²) < 4.78 is 0. The molecule has 0 radical (unpaired) electrons. The molecule has 0 saturated heterocycles. The Kier molecular flexibility index (Phi) is 3.29. The lowest BCUT2D eigenvalue weighted by Crippen LogP contribution is -2.29. The van der Waals surface area contributed by atoms with E-state index in [4.69, 9.17) is 0 Å². The number of allylic oxidation sites excluding steroid dienone is 1. The van der Waals surface area contributed by atoms with Gasteiger partial charge in [-0.2, -0.15) is 0 Å². The lowest BCUT2D eigenvalue weighted by atomic mass is 9.68. The molecule has 0 bridgehead atoms. The standard InChI is InChI=1S/C12H20O/c1-10(2)7-12(9-13)6-4-5-11(3)8-12/h9,11H,1,4-8H2,2-3H3. The lowest BCUT2D eigenvalue weighted by molar-refractivity contribution is -0.118. The number of carbonyl (C=O) groups is 1. The average Bonchev–Trinajstić information content (AvgIpc) is 2.03. The monoisotopic (exact) mass is 180 g/mol. The largest absolute Gasteiger partial charge is 0.303 e. The first kappa shape index (κ1) is 10.5. The van der Waals surface area contributed by atoms with Crippen LogP contribution < -0.4 is 0 Å². The van der Waals surface area contributed by atoms with E-state index in [1.165, 1.54) is 19.1 Å². The van der Waals surface area contributed by atoms with Crippen LogP contribution in [-0.4, -0.2) is 6.29 Å². The normalized spacial score (nSPS) is 34.2. The van der Waals surface area contributed by atoms with Gasteiger partial charge in [0, 0.05) is 5.41 Å². The molecule has 74 valence electrons. The molecule has 0 aromatic carbocycles. The maximum absolute atomic E-state index is 11.1. The van der Waals surface area contributed by atoms with Crippen LogP contribution in [0.5, 0.6) is 0 Å². The zero-order valence-corrected chi connectivity index (χ0v) is 8.81. The minimum absolute atomic E-state index is 0.0660. The molecular weight excluding hydrogens is 160 g/mol. The minimum atomic E-state index is -0.0660. The number of aldehydes is 1. The zero-order valence-electron chi connectivity index (χ0n) is 8.81. The molecular formula is C12H20O. The first-order chi connectivity index (χ1) is 6.08. The summed E-state index contributed by atoms with van der Waals surface area (Å²) in [5.74, 6) is 0.707. The fraction of sp³-hybridized carbons (Fsp3) is 0.750. The number of hydrogen-bond donors (Lipinski definition) is 0. The van der Waals surface area contributed by atoms with Gasteiger partial charge in [-0.25, -0.2) is 0 Å². The molecule has 0 aromatic heterocycles. The van der Waals surface area contributed by atoms with E-state index in [1.807, 2.05) is 6.92 Å². The van der Waals surface area contributed by atoms with Crippen LogP contribution in [-0.2, 0) is 4.79 Å². The van der Waals surface area contributed by atoms with Crippen molar-refractivity contribution in [2.45, 2.75) is 46.0 Å². The van der Waals surface area contributed by atoms with Crippen LogP contribution in [0.1, 0.15) is 46.0 Å². The number of rotatable bonds is 3. The van der Waals surface area contributed by atoms with Crippen molar-refractivity contribution < 1.29 is 4.79 Å². The summed E-state index contributed by atoms with van der Waals surface area (Å²) in [6.45, 7) is 8.17. The van der Waals surface area contributed by atoms with Crippen LogP contribution in [0.2, 0.25) is 0 Å². The van der Waals surface area contributed by atoms with E-state index in [0.717, 1.165) is 24.8 Å². The maximum Gasteiger partial charge on any atom is 0.126 e. The van der Waals surface area contributed by atoms with Crippen molar-refractivity contribution in [2.75, 3.05) is 0 Å². The van der Waals surface area contributed by atoms with Crippen molar-refractivity contribution in [3.8, 4) is 0 Å². The highest BCUT2D eigenvalue weighted by molar-refractivity contribution is 5.60. The van der Waals surface area contributed by atoms with Crippen molar-refractivity contribution in [3.05, 3.63) is 12.2 Å². The van der Waals surface area contributed by atoms with E-state index in [1.54, 1.807) is 0 Å². The molecule has 0 amide bonds. The summed E-state index contributed by atoms with van der Waals surface area (Å²) in [5, 5.41) is 0. The van der Waals surface area contributed by atoms with Gasteiger partial charge in [0.1, 0.15) is 6.29 Å². The highest BCUT2D eigenvalue weighted by Gasteiger charge is 2.34. The van der Waals surface area contributed by atoms with Gasteiger partial charge in [0.05, 0.1) is 0 Å². The molecule has 0 N–H and O–H groups in total. The first-order valence-corrected chi connectivity index (χ1v) is 5.19. The van der Waals surface area contributed by atoms with Crippen LogP contribution in [0.3, 0.4) is 0 Å². The van der Waals surface area contributed by atoms with Crippen molar-refractivity contribution in [3.63, 3.8) is 0 Å². The molecule has 1 rings (SSSR count). The molecule has 1 nitrogen and oxygen atoms in total. The summed E-state index contributed by atoms with van der Waals surface area (Å²) in [5.41, 5.74) is 1.07. The van der Waals surface area contributed by atoms with Crippen LogP contribution in [0.4, 0.5) is 0 Å². The minimum Gasteiger partial charge on any atom is -0.303 e. The molecule has 0 heterocycles. The predicted octanol–water partition coefficient (Wildman–Crippen LogP) is 3.35. The van der Waals surface area contributed by atoms with E-state index in [9.17, 15) is 4.79 Å². The Morgan fingerprint density at radius 3 is 2.85 bits per heavy atom. The summed E-state index contributed by atoms with van der Waals surface area (Å²) in [6, 6.07) is 0. The van der Waals surface area contributed by atoms with Crippen LogP contribution in [0.15, 0.2) is 12.2 Å². The van der Waals surface area contributed by atoms with Crippen molar-refractivity contribution in [1.82, 2.24) is 0 Å². The number of hydrogen-bond acceptors (Lipinski definition) is 1. The Morgan fingerprint density at radius 2 is 2.38 bits per heavy atom. The molecule has 2 unspecified atom stereocenters. The van der Waals surface area contributed by atoms with Gasteiger partial charge in [-0.1, -0.05) is 25.3 Å². The molecule has 1 aliphatic carbocycles. The predicted molar refractivity (Wildman–Crippen MR) is 55.6 cm³/mol. The highest BCUT2D eigenvalue weighted by atomic mass is 16.1. The van der Waals surface area contributed by atoms with Crippen LogP contribution in [0.25, 0.3) is 0 Å². The molecule has 1 fully saturated rings. The Hall–Kier alpha value is -0.590. The molecule has 0 aromatic rings. The van der Waals surface area contributed by atoms with E-state index < -0.39 is 0 Å². The number of carbonyl (C=O) groups excluding carboxylic acids is 1. The Morgan fingerprint density at radius 1 is 1.69 bits per heavy atom. The van der Waals surface area contributed by atoms with Gasteiger partial charge >= 0.3 is 0 Å². The van der Waals surface area contributed by atoms with Gasteiger partial charge in [-0.3, -0.25) is 0 Å². The van der Waals surface area contributed by atoms with E-state index in [-0.39, 0.29) is 5.41 Å². The van der Waals surface area contributed by atoms with Gasteiger partial charge < -0.3 is 4.79 Å². The quantitative estimate of drug-likeness (QED) is 0.481. The molecule has 0 spiro atoms. The fourth-order valence-electron chi connectivity index (χ4n) is 2.61. The van der Waals surface area contributed by atoms with Crippen LogP contribution in [0, 0.1) is 11.3 Å². The van der Waals surface area contributed by atoms with Crippen molar-refractivity contribution in [1.29, 1.82) is 0 Å². The molecule has 2 atom stereocenters. The summed E-state index contributed by atoms with van der Waals surface area (Å²) in [7, 11) is 0. The van der Waals surface area contributed by atoms with Gasteiger partial charge in [-0.15, -0.1) is 6.58 Å². The molecule has 1 saturated carbocycles. The Labute approximate surface area is 81.2 Å².